The molecule has 5 nitrogen and oxygen atoms in total. The van der Waals surface area contributed by atoms with Crippen LogP contribution in [0.2, 0.25) is 0 Å². The van der Waals surface area contributed by atoms with Gasteiger partial charge in [-0.1, -0.05) is 0 Å². The summed E-state index contributed by atoms with van der Waals surface area (Å²) in [5.41, 5.74) is 2.15. The summed E-state index contributed by atoms with van der Waals surface area (Å²) in [7, 11) is 3.26. The molecule has 138 valence electrons. The number of benzene rings is 1. The summed E-state index contributed by atoms with van der Waals surface area (Å²) in [6.07, 6.45) is 5.43. The number of fused-ring (bicyclic) bond motifs is 2. The second-order valence-corrected chi connectivity index (χ2v) is 7.53. The summed E-state index contributed by atoms with van der Waals surface area (Å²) < 4.78 is 10.7. The van der Waals surface area contributed by atoms with Crippen molar-refractivity contribution in [2.45, 2.75) is 64.1 Å². The number of methoxy groups -OCH3 is 2. The number of piperidine rings is 1. The van der Waals surface area contributed by atoms with Crippen molar-refractivity contribution in [3.63, 3.8) is 0 Å². The zero-order valence-corrected chi connectivity index (χ0v) is 15.7. The highest BCUT2D eigenvalue weighted by molar-refractivity contribution is 5.76. The van der Waals surface area contributed by atoms with E-state index in [1.165, 1.54) is 12.8 Å². The van der Waals surface area contributed by atoms with Crippen molar-refractivity contribution in [1.82, 2.24) is 10.6 Å². The molecule has 1 aromatic rings. The minimum Gasteiger partial charge on any atom is -0.493 e. The highest BCUT2D eigenvalue weighted by atomic mass is 16.5. The van der Waals surface area contributed by atoms with Crippen molar-refractivity contribution in [2.75, 3.05) is 14.2 Å². The first-order valence-corrected chi connectivity index (χ1v) is 9.28. The Kier molecular flexibility index (Phi) is 5.52. The number of amides is 1. The van der Waals surface area contributed by atoms with E-state index in [4.69, 9.17) is 9.47 Å². The van der Waals surface area contributed by atoms with Crippen LogP contribution in [0.5, 0.6) is 11.5 Å². The number of nitrogens with one attached hydrogen (secondary N) is 2. The van der Waals surface area contributed by atoms with Gasteiger partial charge in [-0.2, -0.15) is 0 Å². The van der Waals surface area contributed by atoms with E-state index in [2.05, 4.69) is 10.6 Å². The highest BCUT2D eigenvalue weighted by Crippen LogP contribution is 2.34. The van der Waals surface area contributed by atoms with Crippen molar-refractivity contribution in [2.24, 2.45) is 5.92 Å². The molecule has 3 atom stereocenters. The molecule has 2 fully saturated rings. The van der Waals surface area contributed by atoms with Gasteiger partial charge in [0.1, 0.15) is 0 Å². The number of hydrogen-bond donors (Lipinski definition) is 2. The van der Waals surface area contributed by atoms with Crippen molar-refractivity contribution >= 4 is 5.91 Å². The smallest absolute Gasteiger partial charge is 0.220 e. The van der Waals surface area contributed by atoms with E-state index < -0.39 is 0 Å². The fourth-order valence-electron chi connectivity index (χ4n) is 4.44. The Bertz CT molecular complexity index is 620. The molecule has 2 bridgehead atoms. The average molecular weight is 346 g/mol. The van der Waals surface area contributed by atoms with Crippen LogP contribution in [-0.2, 0) is 4.79 Å². The Morgan fingerprint density at radius 2 is 1.80 bits per heavy atom. The molecule has 3 unspecified atom stereocenters. The van der Waals surface area contributed by atoms with Gasteiger partial charge in [-0.3, -0.25) is 4.79 Å². The number of carbonyl (C=O) groups excluding carboxylic acids is 1. The van der Waals surface area contributed by atoms with Crippen LogP contribution in [0.3, 0.4) is 0 Å². The lowest BCUT2D eigenvalue weighted by Gasteiger charge is -2.29. The summed E-state index contributed by atoms with van der Waals surface area (Å²) in [5.74, 6) is 2.07. The van der Waals surface area contributed by atoms with Crippen molar-refractivity contribution in [1.29, 1.82) is 0 Å². The normalized spacial score (nSPS) is 26.2. The van der Waals surface area contributed by atoms with Gasteiger partial charge < -0.3 is 20.1 Å². The molecule has 2 saturated heterocycles. The molecule has 3 rings (SSSR count). The maximum atomic E-state index is 12.5. The van der Waals surface area contributed by atoms with Crippen LogP contribution in [0.25, 0.3) is 0 Å². The fourth-order valence-corrected chi connectivity index (χ4v) is 4.44. The summed E-state index contributed by atoms with van der Waals surface area (Å²) in [4.78, 5) is 12.5. The Hall–Kier alpha value is -1.75. The third kappa shape index (κ3) is 4.09. The van der Waals surface area contributed by atoms with Gasteiger partial charge in [-0.15, -0.1) is 0 Å². The zero-order valence-electron chi connectivity index (χ0n) is 15.7. The van der Waals surface area contributed by atoms with E-state index in [1.54, 1.807) is 14.2 Å². The van der Waals surface area contributed by atoms with Gasteiger partial charge in [-0.25, -0.2) is 0 Å². The molecule has 0 aromatic heterocycles. The Balaban J connectivity index is 1.61. The largest absolute Gasteiger partial charge is 0.493 e. The van der Waals surface area contributed by atoms with E-state index in [-0.39, 0.29) is 11.9 Å². The molecular weight excluding hydrogens is 316 g/mol. The lowest BCUT2D eigenvalue weighted by molar-refractivity contribution is -0.122. The quantitative estimate of drug-likeness (QED) is 0.831. The molecule has 1 amide bonds. The molecule has 5 heteroatoms. The maximum Gasteiger partial charge on any atom is 0.220 e. The lowest BCUT2D eigenvalue weighted by atomic mass is 9.89. The maximum absolute atomic E-state index is 12.5. The summed E-state index contributed by atoms with van der Waals surface area (Å²) in [6, 6.07) is 5.13. The Labute approximate surface area is 150 Å². The van der Waals surface area contributed by atoms with Crippen LogP contribution in [0.1, 0.15) is 56.2 Å². The summed E-state index contributed by atoms with van der Waals surface area (Å²) in [6.45, 7) is 4.06. The topological polar surface area (TPSA) is 59.6 Å². The predicted molar refractivity (Wildman–Crippen MR) is 98.1 cm³/mol. The Morgan fingerprint density at radius 3 is 2.40 bits per heavy atom. The number of aryl methyl sites for hydroxylation is 1. The minimum atomic E-state index is -0.0502. The summed E-state index contributed by atoms with van der Waals surface area (Å²) >= 11 is 0. The molecule has 0 aliphatic carbocycles. The second-order valence-electron chi connectivity index (χ2n) is 7.53. The molecule has 0 radical (unpaired) electrons. The molecular formula is C20H30N2O3. The van der Waals surface area contributed by atoms with Crippen LogP contribution in [0.4, 0.5) is 0 Å². The first kappa shape index (κ1) is 18.1. The second kappa shape index (κ2) is 7.65. The molecule has 2 aliphatic rings. The minimum absolute atomic E-state index is 0.0502. The predicted octanol–water partition coefficient (Wildman–Crippen LogP) is 3.11. The molecule has 0 saturated carbocycles. The first-order chi connectivity index (χ1) is 12.0. The van der Waals surface area contributed by atoms with Gasteiger partial charge in [0, 0.05) is 18.5 Å². The molecule has 2 heterocycles. The number of rotatable bonds is 6. The van der Waals surface area contributed by atoms with Crippen molar-refractivity contribution in [3.05, 3.63) is 23.3 Å². The summed E-state index contributed by atoms with van der Waals surface area (Å²) in [5, 5.41) is 6.80. The van der Waals surface area contributed by atoms with E-state index in [0.717, 1.165) is 24.0 Å². The van der Waals surface area contributed by atoms with Gasteiger partial charge in [-0.05, 0) is 68.7 Å². The average Bonchev–Trinajstić information content (AvgIpc) is 2.92. The van der Waals surface area contributed by atoms with Gasteiger partial charge in [0.15, 0.2) is 11.5 Å². The van der Waals surface area contributed by atoms with Gasteiger partial charge in [0.2, 0.25) is 5.91 Å². The van der Waals surface area contributed by atoms with Crippen molar-refractivity contribution < 1.29 is 14.3 Å². The van der Waals surface area contributed by atoms with Crippen LogP contribution >= 0.6 is 0 Å². The number of carbonyl (C=O) groups is 1. The van der Waals surface area contributed by atoms with E-state index in [1.807, 2.05) is 26.0 Å². The molecule has 25 heavy (non-hydrogen) atoms. The van der Waals surface area contributed by atoms with Gasteiger partial charge in [0.25, 0.3) is 0 Å². The highest BCUT2D eigenvalue weighted by Gasteiger charge is 2.34. The molecule has 0 spiro atoms. The third-order valence-electron chi connectivity index (χ3n) is 5.66. The zero-order chi connectivity index (χ0) is 18.0. The van der Waals surface area contributed by atoms with E-state index in [0.29, 0.717) is 35.9 Å². The SMILES string of the molecule is COc1cc(C)c(C(C)NC(=O)CC2CC3CCC(C2)N3)cc1OC. The van der Waals surface area contributed by atoms with E-state index >= 15 is 0 Å². The van der Waals surface area contributed by atoms with E-state index in [9.17, 15) is 4.79 Å². The number of ether oxygens (including phenoxy) is 2. The van der Waals surface area contributed by atoms with Crippen molar-refractivity contribution in [3.8, 4) is 11.5 Å². The van der Waals surface area contributed by atoms with Crippen LogP contribution in [0.15, 0.2) is 12.1 Å². The van der Waals surface area contributed by atoms with Crippen LogP contribution in [0, 0.1) is 12.8 Å². The van der Waals surface area contributed by atoms with Gasteiger partial charge >= 0.3 is 0 Å². The first-order valence-electron chi connectivity index (χ1n) is 9.28. The standard InChI is InChI=1S/C20H30N2O3/c1-12-7-18(24-3)19(25-4)11-17(12)13(2)21-20(23)10-14-8-15-5-6-16(9-14)22-15/h7,11,13-16,22H,5-6,8-10H2,1-4H3,(H,21,23). The monoisotopic (exact) mass is 346 g/mol. The third-order valence-corrected chi connectivity index (χ3v) is 5.66. The van der Waals surface area contributed by atoms with Crippen LogP contribution in [-0.4, -0.2) is 32.2 Å². The van der Waals surface area contributed by atoms with Gasteiger partial charge in [0.05, 0.1) is 20.3 Å². The molecule has 2 aliphatic heterocycles. The molecule has 1 aromatic carbocycles. The number of hydrogen-bond acceptors (Lipinski definition) is 4. The lowest BCUT2D eigenvalue weighted by Crippen LogP contribution is -2.40. The van der Waals surface area contributed by atoms with Crippen LogP contribution < -0.4 is 20.1 Å². The molecule has 2 N–H and O–H groups in total. The fraction of sp³-hybridized carbons (Fsp3) is 0.650. The Morgan fingerprint density at radius 1 is 1.20 bits per heavy atom.